The first kappa shape index (κ1) is 10.5. The Balaban J connectivity index is 2.07. The van der Waals surface area contributed by atoms with Gasteiger partial charge < -0.3 is 10.1 Å². The van der Waals surface area contributed by atoms with Crippen molar-refractivity contribution in [2.75, 3.05) is 14.2 Å². The summed E-state index contributed by atoms with van der Waals surface area (Å²) in [7, 11) is 3.64. The Kier molecular flexibility index (Phi) is 3.28. The van der Waals surface area contributed by atoms with E-state index < -0.39 is 0 Å². The first-order chi connectivity index (χ1) is 7.35. The van der Waals surface area contributed by atoms with Gasteiger partial charge >= 0.3 is 0 Å². The molecule has 1 aliphatic rings. The summed E-state index contributed by atoms with van der Waals surface area (Å²) in [5, 5.41) is 3.07. The molecule has 15 heavy (non-hydrogen) atoms. The number of nitrogens with one attached hydrogen (secondary N) is 1. The SMILES string of the molecule is CNCc1cnc(C(OC)C2CC2)nc1. The molecule has 0 spiro atoms. The fourth-order valence-electron chi connectivity index (χ4n) is 1.71. The zero-order valence-electron chi connectivity index (χ0n) is 9.23. The number of rotatable bonds is 5. The molecule has 0 amide bonds. The molecule has 1 N–H and O–H groups in total. The predicted octanol–water partition coefficient (Wildman–Crippen LogP) is 1.29. The van der Waals surface area contributed by atoms with Gasteiger partial charge in [-0.3, -0.25) is 0 Å². The highest BCUT2D eigenvalue weighted by molar-refractivity contribution is 5.07. The van der Waals surface area contributed by atoms with Gasteiger partial charge in [0, 0.05) is 31.6 Å². The van der Waals surface area contributed by atoms with E-state index in [-0.39, 0.29) is 6.10 Å². The van der Waals surface area contributed by atoms with E-state index in [4.69, 9.17) is 4.74 Å². The molecule has 1 saturated carbocycles. The van der Waals surface area contributed by atoms with Crippen LogP contribution in [-0.4, -0.2) is 24.1 Å². The van der Waals surface area contributed by atoms with Gasteiger partial charge in [-0.1, -0.05) is 0 Å². The summed E-state index contributed by atoms with van der Waals surface area (Å²) in [6.45, 7) is 0.807. The van der Waals surface area contributed by atoms with Gasteiger partial charge in [0.15, 0.2) is 5.82 Å². The Morgan fingerprint density at radius 1 is 1.47 bits per heavy atom. The van der Waals surface area contributed by atoms with Crippen LogP contribution in [0.5, 0.6) is 0 Å². The Morgan fingerprint density at radius 3 is 2.60 bits per heavy atom. The monoisotopic (exact) mass is 207 g/mol. The third kappa shape index (κ3) is 2.52. The molecule has 1 atom stereocenters. The molecule has 4 heteroatoms. The molecule has 2 rings (SSSR count). The summed E-state index contributed by atoms with van der Waals surface area (Å²) in [4.78, 5) is 8.71. The third-order valence-corrected chi connectivity index (χ3v) is 2.66. The third-order valence-electron chi connectivity index (χ3n) is 2.66. The first-order valence-electron chi connectivity index (χ1n) is 5.33. The number of hydrogen-bond acceptors (Lipinski definition) is 4. The Labute approximate surface area is 90.1 Å². The normalized spacial score (nSPS) is 17.7. The summed E-state index contributed by atoms with van der Waals surface area (Å²) in [5.74, 6) is 1.45. The maximum atomic E-state index is 5.42. The highest BCUT2D eigenvalue weighted by Crippen LogP contribution is 2.41. The smallest absolute Gasteiger partial charge is 0.157 e. The van der Waals surface area contributed by atoms with Gasteiger partial charge in [-0.2, -0.15) is 0 Å². The Morgan fingerprint density at radius 2 is 2.13 bits per heavy atom. The van der Waals surface area contributed by atoms with Crippen LogP contribution in [0.1, 0.15) is 30.3 Å². The molecule has 1 heterocycles. The quantitative estimate of drug-likeness (QED) is 0.790. The van der Waals surface area contributed by atoms with Crippen molar-refractivity contribution >= 4 is 0 Å². The summed E-state index contributed by atoms with van der Waals surface area (Å²) < 4.78 is 5.42. The van der Waals surface area contributed by atoms with Crippen LogP contribution < -0.4 is 5.32 Å². The van der Waals surface area contributed by atoms with Crippen molar-refractivity contribution in [2.24, 2.45) is 5.92 Å². The molecule has 0 saturated heterocycles. The van der Waals surface area contributed by atoms with Crippen molar-refractivity contribution in [1.82, 2.24) is 15.3 Å². The van der Waals surface area contributed by atoms with Crippen LogP contribution in [0, 0.1) is 5.92 Å². The lowest BCUT2D eigenvalue weighted by molar-refractivity contribution is 0.0771. The zero-order chi connectivity index (χ0) is 10.7. The van der Waals surface area contributed by atoms with E-state index in [1.807, 2.05) is 19.4 Å². The lowest BCUT2D eigenvalue weighted by Crippen LogP contribution is -2.11. The second kappa shape index (κ2) is 4.68. The van der Waals surface area contributed by atoms with E-state index >= 15 is 0 Å². The lowest BCUT2D eigenvalue weighted by atomic mass is 10.2. The van der Waals surface area contributed by atoms with E-state index in [1.54, 1.807) is 7.11 Å². The van der Waals surface area contributed by atoms with E-state index in [1.165, 1.54) is 12.8 Å². The van der Waals surface area contributed by atoms with Gasteiger partial charge in [-0.25, -0.2) is 9.97 Å². The molecule has 1 aromatic rings. The maximum absolute atomic E-state index is 5.42. The van der Waals surface area contributed by atoms with Gasteiger partial charge in [0.25, 0.3) is 0 Å². The van der Waals surface area contributed by atoms with Crippen LogP contribution in [0.3, 0.4) is 0 Å². The van der Waals surface area contributed by atoms with Gasteiger partial charge in [-0.15, -0.1) is 0 Å². The highest BCUT2D eigenvalue weighted by Gasteiger charge is 2.34. The molecule has 0 aromatic carbocycles. The lowest BCUT2D eigenvalue weighted by Gasteiger charge is -2.12. The van der Waals surface area contributed by atoms with Crippen molar-refractivity contribution in [2.45, 2.75) is 25.5 Å². The molecule has 1 aliphatic carbocycles. The fraction of sp³-hybridized carbons (Fsp3) is 0.636. The van der Waals surface area contributed by atoms with Crippen molar-refractivity contribution < 1.29 is 4.74 Å². The van der Waals surface area contributed by atoms with Crippen molar-refractivity contribution in [3.05, 3.63) is 23.8 Å². The molecule has 82 valence electrons. The molecule has 0 aliphatic heterocycles. The van der Waals surface area contributed by atoms with Crippen molar-refractivity contribution in [3.8, 4) is 0 Å². The van der Waals surface area contributed by atoms with E-state index in [9.17, 15) is 0 Å². The van der Waals surface area contributed by atoms with E-state index in [2.05, 4.69) is 15.3 Å². The zero-order valence-corrected chi connectivity index (χ0v) is 9.23. The molecule has 1 unspecified atom stereocenters. The molecule has 0 bridgehead atoms. The second-order valence-electron chi connectivity index (χ2n) is 3.97. The number of methoxy groups -OCH3 is 1. The minimum atomic E-state index is 0.0913. The maximum Gasteiger partial charge on any atom is 0.157 e. The topological polar surface area (TPSA) is 47.0 Å². The number of nitrogens with zero attached hydrogens (tertiary/aromatic N) is 2. The summed E-state index contributed by atoms with van der Waals surface area (Å²) >= 11 is 0. The Hall–Kier alpha value is -1.00. The first-order valence-corrected chi connectivity index (χ1v) is 5.33. The average molecular weight is 207 g/mol. The minimum absolute atomic E-state index is 0.0913. The molecule has 1 aromatic heterocycles. The summed E-state index contributed by atoms with van der Waals surface area (Å²) in [6.07, 6.45) is 6.30. The van der Waals surface area contributed by atoms with Crippen LogP contribution in [0.25, 0.3) is 0 Å². The molecule has 4 nitrogen and oxygen atoms in total. The van der Waals surface area contributed by atoms with E-state index in [0.717, 1.165) is 17.9 Å². The van der Waals surface area contributed by atoms with E-state index in [0.29, 0.717) is 5.92 Å². The van der Waals surface area contributed by atoms with Crippen molar-refractivity contribution in [1.29, 1.82) is 0 Å². The molecule has 0 radical (unpaired) electrons. The highest BCUT2D eigenvalue weighted by atomic mass is 16.5. The van der Waals surface area contributed by atoms with Gasteiger partial charge in [0.2, 0.25) is 0 Å². The minimum Gasteiger partial charge on any atom is -0.373 e. The fourth-order valence-corrected chi connectivity index (χ4v) is 1.71. The Bertz CT molecular complexity index is 308. The summed E-state index contributed by atoms with van der Waals surface area (Å²) in [6, 6.07) is 0. The second-order valence-corrected chi connectivity index (χ2v) is 3.97. The molecule has 1 fully saturated rings. The van der Waals surface area contributed by atoms with Crippen LogP contribution in [0.2, 0.25) is 0 Å². The molecular weight excluding hydrogens is 190 g/mol. The predicted molar refractivity (Wildman–Crippen MR) is 57.3 cm³/mol. The van der Waals surface area contributed by atoms with Gasteiger partial charge in [0.05, 0.1) is 0 Å². The average Bonchev–Trinajstić information content (AvgIpc) is 3.06. The number of ether oxygens (including phenoxy) is 1. The van der Waals surface area contributed by atoms with Crippen LogP contribution in [-0.2, 0) is 11.3 Å². The van der Waals surface area contributed by atoms with Crippen LogP contribution in [0.15, 0.2) is 12.4 Å². The van der Waals surface area contributed by atoms with Crippen LogP contribution >= 0.6 is 0 Å². The largest absolute Gasteiger partial charge is 0.373 e. The van der Waals surface area contributed by atoms with Gasteiger partial charge in [-0.05, 0) is 25.8 Å². The number of hydrogen-bond donors (Lipinski definition) is 1. The summed E-state index contributed by atoms with van der Waals surface area (Å²) in [5.41, 5.74) is 1.10. The standard InChI is InChI=1S/C11H17N3O/c1-12-5-8-6-13-11(14-7-8)10(15-2)9-3-4-9/h6-7,9-10,12H,3-5H2,1-2H3. The van der Waals surface area contributed by atoms with Gasteiger partial charge in [0.1, 0.15) is 6.10 Å². The van der Waals surface area contributed by atoms with Crippen molar-refractivity contribution in [3.63, 3.8) is 0 Å². The molecular formula is C11H17N3O. The number of aromatic nitrogens is 2. The van der Waals surface area contributed by atoms with Crippen LogP contribution in [0.4, 0.5) is 0 Å².